The number of nitrogens with zero attached hydrogens (tertiary/aromatic N) is 2. The first kappa shape index (κ1) is 16.5. The van der Waals surface area contributed by atoms with Gasteiger partial charge in [0.1, 0.15) is 5.60 Å². The van der Waals surface area contributed by atoms with E-state index in [-0.39, 0.29) is 18.2 Å². The zero-order chi connectivity index (χ0) is 15.3. The maximum atomic E-state index is 11.6. The molecule has 2 atom stereocenters. The molecule has 0 aliphatic carbocycles. The predicted octanol–water partition coefficient (Wildman–Crippen LogP) is 1.98. The van der Waals surface area contributed by atoms with E-state index in [1.165, 1.54) is 0 Å². The first-order chi connectivity index (χ1) is 9.19. The SMILES string of the molecule is CC(CNC(C)c1ccnn1C)NC(=O)OC(C)(C)C. The van der Waals surface area contributed by atoms with Gasteiger partial charge in [-0.05, 0) is 40.7 Å². The van der Waals surface area contributed by atoms with Crippen LogP contribution >= 0.6 is 0 Å². The molecule has 1 rings (SSSR count). The molecule has 2 unspecified atom stereocenters. The lowest BCUT2D eigenvalue weighted by molar-refractivity contribution is 0.0507. The van der Waals surface area contributed by atoms with Crippen LogP contribution in [-0.2, 0) is 11.8 Å². The maximum Gasteiger partial charge on any atom is 0.407 e. The van der Waals surface area contributed by atoms with Crippen LogP contribution in [-0.4, -0.2) is 34.1 Å². The van der Waals surface area contributed by atoms with Crippen molar-refractivity contribution in [3.05, 3.63) is 18.0 Å². The molecular formula is C14H26N4O2. The number of rotatable bonds is 5. The van der Waals surface area contributed by atoms with Gasteiger partial charge in [-0.15, -0.1) is 0 Å². The highest BCUT2D eigenvalue weighted by atomic mass is 16.6. The fourth-order valence-corrected chi connectivity index (χ4v) is 1.83. The fraction of sp³-hybridized carbons (Fsp3) is 0.714. The molecule has 1 aromatic heterocycles. The highest BCUT2D eigenvalue weighted by Crippen LogP contribution is 2.10. The zero-order valence-electron chi connectivity index (χ0n) is 13.2. The summed E-state index contributed by atoms with van der Waals surface area (Å²) in [5, 5.41) is 10.3. The lowest BCUT2D eigenvalue weighted by atomic mass is 10.2. The molecule has 114 valence electrons. The van der Waals surface area contributed by atoms with E-state index in [1.54, 1.807) is 6.20 Å². The summed E-state index contributed by atoms with van der Waals surface area (Å²) >= 11 is 0. The lowest BCUT2D eigenvalue weighted by Crippen LogP contribution is -2.43. The Labute approximate surface area is 120 Å². The number of carbonyl (C=O) groups is 1. The standard InChI is InChI=1S/C14H26N4O2/c1-10(17-13(19)20-14(3,4)5)9-15-11(2)12-7-8-16-18(12)6/h7-8,10-11,15H,9H2,1-6H3,(H,17,19). The Morgan fingerprint density at radius 1 is 1.45 bits per heavy atom. The largest absolute Gasteiger partial charge is 0.444 e. The summed E-state index contributed by atoms with van der Waals surface area (Å²) in [5.41, 5.74) is 0.633. The number of carbonyl (C=O) groups excluding carboxylic acids is 1. The molecule has 1 amide bonds. The van der Waals surface area contributed by atoms with Gasteiger partial charge in [0.05, 0.1) is 5.69 Å². The lowest BCUT2D eigenvalue weighted by Gasteiger charge is -2.23. The second kappa shape index (κ2) is 6.74. The minimum absolute atomic E-state index is 0.0134. The topological polar surface area (TPSA) is 68.2 Å². The number of amides is 1. The van der Waals surface area contributed by atoms with Crippen LogP contribution in [0.5, 0.6) is 0 Å². The molecule has 0 saturated heterocycles. The van der Waals surface area contributed by atoms with Crippen molar-refractivity contribution in [2.24, 2.45) is 7.05 Å². The summed E-state index contributed by atoms with van der Waals surface area (Å²) in [4.78, 5) is 11.6. The van der Waals surface area contributed by atoms with Crippen molar-refractivity contribution in [2.45, 2.75) is 52.3 Å². The number of hydrogen-bond acceptors (Lipinski definition) is 4. The van der Waals surface area contributed by atoms with Crippen LogP contribution in [0.3, 0.4) is 0 Å². The molecular weight excluding hydrogens is 256 g/mol. The van der Waals surface area contributed by atoms with E-state index in [0.29, 0.717) is 6.54 Å². The summed E-state index contributed by atoms with van der Waals surface area (Å²) in [6.07, 6.45) is 1.38. The molecule has 0 spiro atoms. The van der Waals surface area contributed by atoms with Crippen LogP contribution in [0.4, 0.5) is 4.79 Å². The van der Waals surface area contributed by atoms with E-state index >= 15 is 0 Å². The number of ether oxygens (including phenoxy) is 1. The average molecular weight is 282 g/mol. The molecule has 0 fully saturated rings. The third-order valence-corrected chi connectivity index (χ3v) is 2.80. The van der Waals surface area contributed by atoms with Crippen molar-refractivity contribution in [3.8, 4) is 0 Å². The van der Waals surface area contributed by atoms with Crippen LogP contribution in [0.15, 0.2) is 12.3 Å². The van der Waals surface area contributed by atoms with Gasteiger partial charge in [0, 0.05) is 31.9 Å². The number of aryl methyl sites for hydroxylation is 1. The third-order valence-electron chi connectivity index (χ3n) is 2.80. The van der Waals surface area contributed by atoms with Gasteiger partial charge in [-0.25, -0.2) is 4.79 Å². The molecule has 2 N–H and O–H groups in total. The minimum Gasteiger partial charge on any atom is -0.444 e. The Bertz CT molecular complexity index is 437. The van der Waals surface area contributed by atoms with E-state index in [4.69, 9.17) is 4.74 Å². The number of alkyl carbamates (subject to hydrolysis) is 1. The molecule has 6 heteroatoms. The highest BCUT2D eigenvalue weighted by Gasteiger charge is 2.18. The number of hydrogen-bond donors (Lipinski definition) is 2. The molecule has 0 saturated carbocycles. The molecule has 1 aromatic rings. The van der Waals surface area contributed by atoms with E-state index in [0.717, 1.165) is 5.69 Å². The average Bonchev–Trinajstić information content (AvgIpc) is 2.69. The van der Waals surface area contributed by atoms with Gasteiger partial charge in [-0.1, -0.05) is 0 Å². The Hall–Kier alpha value is -1.56. The number of aromatic nitrogens is 2. The Morgan fingerprint density at radius 3 is 2.60 bits per heavy atom. The maximum absolute atomic E-state index is 11.6. The van der Waals surface area contributed by atoms with Gasteiger partial charge >= 0.3 is 6.09 Å². The van der Waals surface area contributed by atoms with E-state index in [2.05, 4.69) is 22.7 Å². The van der Waals surface area contributed by atoms with Gasteiger partial charge in [-0.2, -0.15) is 5.10 Å². The molecule has 0 aliphatic rings. The summed E-state index contributed by atoms with van der Waals surface area (Å²) in [7, 11) is 1.91. The number of nitrogens with one attached hydrogen (secondary N) is 2. The van der Waals surface area contributed by atoms with Crippen molar-refractivity contribution in [2.75, 3.05) is 6.54 Å². The summed E-state index contributed by atoms with van der Waals surface area (Å²) in [6, 6.07) is 2.13. The van der Waals surface area contributed by atoms with Crippen LogP contribution in [0.2, 0.25) is 0 Å². The first-order valence-corrected chi connectivity index (χ1v) is 6.90. The Kier molecular flexibility index (Phi) is 5.56. The molecule has 0 radical (unpaired) electrons. The fourth-order valence-electron chi connectivity index (χ4n) is 1.83. The van der Waals surface area contributed by atoms with Gasteiger partial charge in [0.25, 0.3) is 0 Å². The van der Waals surface area contributed by atoms with Crippen LogP contribution in [0, 0.1) is 0 Å². The predicted molar refractivity (Wildman–Crippen MR) is 78.5 cm³/mol. The summed E-state index contributed by atoms with van der Waals surface area (Å²) in [6.45, 7) is 10.2. The van der Waals surface area contributed by atoms with E-state index < -0.39 is 5.60 Å². The third kappa shape index (κ3) is 5.61. The Morgan fingerprint density at radius 2 is 2.10 bits per heavy atom. The van der Waals surface area contributed by atoms with E-state index in [1.807, 2.05) is 45.5 Å². The minimum atomic E-state index is -0.473. The van der Waals surface area contributed by atoms with Crippen LogP contribution < -0.4 is 10.6 Å². The van der Waals surface area contributed by atoms with Crippen molar-refractivity contribution < 1.29 is 9.53 Å². The molecule has 20 heavy (non-hydrogen) atoms. The summed E-state index contributed by atoms with van der Waals surface area (Å²) in [5.74, 6) is 0. The van der Waals surface area contributed by atoms with Crippen molar-refractivity contribution >= 4 is 6.09 Å². The van der Waals surface area contributed by atoms with Crippen LogP contribution in [0.1, 0.15) is 46.4 Å². The monoisotopic (exact) mass is 282 g/mol. The van der Waals surface area contributed by atoms with Crippen LogP contribution in [0.25, 0.3) is 0 Å². The first-order valence-electron chi connectivity index (χ1n) is 6.90. The Balaban J connectivity index is 2.35. The van der Waals surface area contributed by atoms with Crippen molar-refractivity contribution in [1.82, 2.24) is 20.4 Å². The highest BCUT2D eigenvalue weighted by molar-refractivity contribution is 5.68. The molecule has 0 bridgehead atoms. The van der Waals surface area contributed by atoms with Gasteiger partial charge < -0.3 is 15.4 Å². The summed E-state index contributed by atoms with van der Waals surface area (Å²) < 4.78 is 7.05. The normalized spacial score (nSPS) is 14.7. The van der Waals surface area contributed by atoms with E-state index in [9.17, 15) is 4.79 Å². The quantitative estimate of drug-likeness (QED) is 0.866. The van der Waals surface area contributed by atoms with Gasteiger partial charge in [0.15, 0.2) is 0 Å². The smallest absolute Gasteiger partial charge is 0.407 e. The second-order valence-corrected chi connectivity index (χ2v) is 6.06. The second-order valence-electron chi connectivity index (χ2n) is 6.06. The molecule has 0 aromatic carbocycles. The zero-order valence-corrected chi connectivity index (χ0v) is 13.2. The molecule has 0 aliphatic heterocycles. The van der Waals surface area contributed by atoms with Gasteiger partial charge in [-0.3, -0.25) is 4.68 Å². The van der Waals surface area contributed by atoms with Crippen molar-refractivity contribution in [1.29, 1.82) is 0 Å². The van der Waals surface area contributed by atoms with Crippen molar-refractivity contribution in [3.63, 3.8) is 0 Å². The van der Waals surface area contributed by atoms with Gasteiger partial charge in [0.2, 0.25) is 0 Å². The molecule has 6 nitrogen and oxygen atoms in total. The molecule has 1 heterocycles.